The first kappa shape index (κ1) is 20.8. The van der Waals surface area contributed by atoms with E-state index in [1.165, 1.54) is 16.8 Å². The summed E-state index contributed by atoms with van der Waals surface area (Å²) in [6.45, 7) is 5.42. The zero-order valence-electron chi connectivity index (χ0n) is 18.2. The molecule has 0 radical (unpaired) electrons. The average molecular weight is 419 g/mol. The van der Waals surface area contributed by atoms with Gasteiger partial charge in [0.05, 0.1) is 13.4 Å². The van der Waals surface area contributed by atoms with Crippen molar-refractivity contribution in [2.75, 3.05) is 45.2 Å². The van der Waals surface area contributed by atoms with E-state index in [9.17, 15) is 0 Å². The van der Waals surface area contributed by atoms with E-state index in [1.54, 1.807) is 13.3 Å². The lowest BCUT2D eigenvalue weighted by Crippen LogP contribution is -2.52. The molecule has 4 rings (SSSR count). The van der Waals surface area contributed by atoms with Gasteiger partial charge in [0, 0.05) is 64.4 Å². The van der Waals surface area contributed by atoms with Gasteiger partial charge in [0.2, 0.25) is 0 Å². The molecule has 1 N–H and O–H groups in total. The molecule has 1 saturated heterocycles. The van der Waals surface area contributed by atoms with Gasteiger partial charge in [-0.3, -0.25) is 4.99 Å². The highest BCUT2D eigenvalue weighted by Crippen LogP contribution is 2.20. The Morgan fingerprint density at radius 1 is 1.00 bits per heavy atom. The molecule has 2 heterocycles. The Balaban J connectivity index is 1.26. The second kappa shape index (κ2) is 10.0. The van der Waals surface area contributed by atoms with Gasteiger partial charge in [-0.2, -0.15) is 0 Å². The van der Waals surface area contributed by atoms with Crippen LogP contribution in [0.15, 0.2) is 72.2 Å². The number of nitrogens with zero attached hydrogens (tertiary/aromatic N) is 5. The number of piperazine rings is 1. The van der Waals surface area contributed by atoms with Crippen molar-refractivity contribution in [3.8, 4) is 5.75 Å². The Labute approximate surface area is 184 Å². The summed E-state index contributed by atoms with van der Waals surface area (Å²) in [6, 6.07) is 17.0. The van der Waals surface area contributed by atoms with Crippen LogP contribution in [0.25, 0.3) is 0 Å². The molecule has 1 aliphatic heterocycles. The van der Waals surface area contributed by atoms with Crippen LogP contribution in [0, 0.1) is 0 Å². The molecule has 162 valence electrons. The van der Waals surface area contributed by atoms with E-state index in [4.69, 9.17) is 4.74 Å². The fraction of sp³-hybridized carbons (Fsp3) is 0.333. The number of guanidine groups is 1. The van der Waals surface area contributed by atoms with Crippen LogP contribution in [-0.4, -0.2) is 60.7 Å². The zero-order valence-corrected chi connectivity index (χ0v) is 18.2. The molecule has 1 aliphatic rings. The Bertz CT molecular complexity index is 958. The van der Waals surface area contributed by atoms with Crippen LogP contribution in [0.5, 0.6) is 5.75 Å². The second-order valence-electron chi connectivity index (χ2n) is 7.62. The van der Waals surface area contributed by atoms with Gasteiger partial charge in [-0.25, -0.2) is 4.98 Å². The van der Waals surface area contributed by atoms with Crippen LogP contribution >= 0.6 is 0 Å². The molecule has 2 aromatic carbocycles. The van der Waals surface area contributed by atoms with Gasteiger partial charge in [-0.05, 0) is 35.4 Å². The number of nitrogens with one attached hydrogen (secondary N) is 1. The molecule has 0 spiro atoms. The fourth-order valence-corrected chi connectivity index (χ4v) is 3.84. The Morgan fingerprint density at radius 2 is 1.71 bits per heavy atom. The van der Waals surface area contributed by atoms with Crippen molar-refractivity contribution in [2.45, 2.75) is 13.1 Å². The summed E-state index contributed by atoms with van der Waals surface area (Å²) in [6.07, 6.45) is 5.63. The molecule has 0 saturated carbocycles. The molecule has 0 bridgehead atoms. The highest BCUT2D eigenvalue weighted by Gasteiger charge is 2.19. The SMILES string of the molecule is CN=C(NCc1ccc(Cn2ccnc2)cc1)N1CCN(c2ccc(OC)cc2)CC1. The normalized spacial score (nSPS) is 14.6. The first-order chi connectivity index (χ1) is 15.2. The summed E-state index contributed by atoms with van der Waals surface area (Å²) in [5, 5.41) is 3.52. The monoisotopic (exact) mass is 418 g/mol. The van der Waals surface area contributed by atoms with Crippen LogP contribution in [0.3, 0.4) is 0 Å². The largest absolute Gasteiger partial charge is 0.497 e. The quantitative estimate of drug-likeness (QED) is 0.493. The fourth-order valence-electron chi connectivity index (χ4n) is 3.84. The van der Waals surface area contributed by atoms with E-state index < -0.39 is 0 Å². The molecule has 0 atom stereocenters. The van der Waals surface area contributed by atoms with E-state index in [1.807, 2.05) is 31.7 Å². The molecule has 0 amide bonds. The van der Waals surface area contributed by atoms with Crippen molar-refractivity contribution in [3.05, 3.63) is 78.4 Å². The van der Waals surface area contributed by atoms with E-state index in [-0.39, 0.29) is 0 Å². The molecule has 1 aromatic heterocycles. The number of anilines is 1. The van der Waals surface area contributed by atoms with Crippen LogP contribution < -0.4 is 15.0 Å². The van der Waals surface area contributed by atoms with Gasteiger partial charge in [0.1, 0.15) is 5.75 Å². The molecular formula is C24H30N6O. The van der Waals surface area contributed by atoms with Gasteiger partial charge in [0.25, 0.3) is 0 Å². The van der Waals surface area contributed by atoms with Crippen LogP contribution in [0.4, 0.5) is 5.69 Å². The number of aliphatic imine (C=N–C) groups is 1. The van der Waals surface area contributed by atoms with Crippen molar-refractivity contribution in [1.82, 2.24) is 19.8 Å². The van der Waals surface area contributed by atoms with Gasteiger partial charge < -0.3 is 24.4 Å². The number of rotatable bonds is 6. The number of aromatic nitrogens is 2. The minimum absolute atomic E-state index is 0.761. The van der Waals surface area contributed by atoms with Gasteiger partial charge in [0.15, 0.2) is 5.96 Å². The Morgan fingerprint density at radius 3 is 2.32 bits per heavy atom. The Kier molecular flexibility index (Phi) is 6.72. The lowest BCUT2D eigenvalue weighted by atomic mass is 10.1. The third-order valence-electron chi connectivity index (χ3n) is 5.63. The molecular weight excluding hydrogens is 388 g/mol. The number of benzene rings is 2. The summed E-state index contributed by atoms with van der Waals surface area (Å²) < 4.78 is 7.33. The van der Waals surface area contributed by atoms with Crippen LogP contribution in [0.1, 0.15) is 11.1 Å². The minimum Gasteiger partial charge on any atom is -0.497 e. The van der Waals surface area contributed by atoms with Crippen molar-refractivity contribution in [3.63, 3.8) is 0 Å². The molecule has 3 aromatic rings. The molecule has 7 heteroatoms. The predicted molar refractivity (Wildman–Crippen MR) is 125 cm³/mol. The first-order valence-corrected chi connectivity index (χ1v) is 10.6. The Hall–Kier alpha value is -3.48. The molecule has 31 heavy (non-hydrogen) atoms. The highest BCUT2D eigenvalue weighted by atomic mass is 16.5. The van der Waals surface area contributed by atoms with Gasteiger partial charge in [-0.15, -0.1) is 0 Å². The third-order valence-corrected chi connectivity index (χ3v) is 5.63. The standard InChI is InChI=1S/C24H30N6O/c1-25-24(27-17-20-3-5-21(6-4-20)18-28-12-11-26-19-28)30-15-13-29(14-16-30)22-7-9-23(31-2)10-8-22/h3-12,19H,13-18H2,1-2H3,(H,25,27). The summed E-state index contributed by atoms with van der Waals surface area (Å²) in [4.78, 5) is 13.3. The number of ether oxygens (including phenoxy) is 1. The highest BCUT2D eigenvalue weighted by molar-refractivity contribution is 5.80. The zero-order chi connectivity index (χ0) is 21.5. The minimum atomic E-state index is 0.761. The van der Waals surface area contributed by atoms with Crippen molar-refractivity contribution in [2.24, 2.45) is 4.99 Å². The van der Waals surface area contributed by atoms with Crippen molar-refractivity contribution in [1.29, 1.82) is 0 Å². The maximum Gasteiger partial charge on any atom is 0.194 e. The van der Waals surface area contributed by atoms with E-state index in [0.29, 0.717) is 0 Å². The summed E-state index contributed by atoms with van der Waals surface area (Å²) in [5.74, 6) is 1.85. The maximum atomic E-state index is 5.26. The number of hydrogen-bond donors (Lipinski definition) is 1. The van der Waals surface area contributed by atoms with E-state index >= 15 is 0 Å². The third kappa shape index (κ3) is 5.36. The second-order valence-corrected chi connectivity index (χ2v) is 7.62. The number of hydrogen-bond acceptors (Lipinski definition) is 4. The van der Waals surface area contributed by atoms with Crippen molar-refractivity contribution < 1.29 is 4.74 Å². The number of methoxy groups -OCH3 is 1. The molecule has 7 nitrogen and oxygen atoms in total. The molecule has 0 aliphatic carbocycles. The van der Waals surface area contributed by atoms with Gasteiger partial charge in [-0.1, -0.05) is 24.3 Å². The van der Waals surface area contributed by atoms with Gasteiger partial charge >= 0.3 is 0 Å². The topological polar surface area (TPSA) is 57.9 Å². The van der Waals surface area contributed by atoms with Crippen LogP contribution in [-0.2, 0) is 13.1 Å². The summed E-state index contributed by atoms with van der Waals surface area (Å²) in [7, 11) is 3.55. The van der Waals surface area contributed by atoms with Crippen molar-refractivity contribution >= 4 is 11.6 Å². The predicted octanol–water partition coefficient (Wildman–Crippen LogP) is 2.84. The molecule has 0 unspecified atom stereocenters. The summed E-state index contributed by atoms with van der Waals surface area (Å²) >= 11 is 0. The van der Waals surface area contributed by atoms with Crippen LogP contribution in [0.2, 0.25) is 0 Å². The lowest BCUT2D eigenvalue weighted by Gasteiger charge is -2.37. The first-order valence-electron chi connectivity index (χ1n) is 10.6. The van der Waals surface area contributed by atoms with E-state index in [2.05, 4.69) is 66.1 Å². The molecule has 1 fully saturated rings. The maximum absolute atomic E-state index is 5.26. The average Bonchev–Trinajstić information content (AvgIpc) is 3.34. The summed E-state index contributed by atoms with van der Waals surface area (Å²) in [5.41, 5.74) is 3.74. The lowest BCUT2D eigenvalue weighted by molar-refractivity contribution is 0.372. The smallest absolute Gasteiger partial charge is 0.194 e. The number of imidazole rings is 1. The van der Waals surface area contributed by atoms with E-state index in [0.717, 1.165) is 51.0 Å².